The van der Waals surface area contributed by atoms with Gasteiger partial charge in [0.15, 0.2) is 0 Å². The van der Waals surface area contributed by atoms with Crippen molar-refractivity contribution in [1.29, 1.82) is 0 Å². The molecule has 0 spiro atoms. The number of pyridine rings is 1. The molecule has 18 heavy (non-hydrogen) atoms. The van der Waals surface area contributed by atoms with E-state index in [4.69, 9.17) is 4.74 Å². The lowest BCUT2D eigenvalue weighted by Gasteiger charge is -2.22. The van der Waals surface area contributed by atoms with Gasteiger partial charge in [-0.3, -0.25) is 9.78 Å². The van der Waals surface area contributed by atoms with Crippen LogP contribution in [0.25, 0.3) is 0 Å². The van der Waals surface area contributed by atoms with E-state index in [-0.39, 0.29) is 5.91 Å². The number of carbonyl (C=O) groups excluding carboxylic acids is 1. The molecule has 1 unspecified atom stereocenters. The van der Waals surface area contributed by atoms with Gasteiger partial charge < -0.3 is 15.4 Å². The van der Waals surface area contributed by atoms with Gasteiger partial charge in [0.2, 0.25) is 0 Å². The third-order valence-electron chi connectivity index (χ3n) is 3.14. The molecule has 1 amide bonds. The SMILES string of the molecule is CNc1ccncc1C(=O)NCC1CCCOC1. The second-order valence-corrected chi connectivity index (χ2v) is 4.46. The molecule has 1 fully saturated rings. The van der Waals surface area contributed by atoms with E-state index in [1.165, 1.54) is 0 Å². The Labute approximate surface area is 107 Å². The molecule has 1 aliphatic heterocycles. The van der Waals surface area contributed by atoms with Crippen LogP contribution in [0, 0.1) is 5.92 Å². The monoisotopic (exact) mass is 249 g/mol. The molecule has 2 rings (SSSR count). The highest BCUT2D eigenvalue weighted by atomic mass is 16.5. The van der Waals surface area contributed by atoms with E-state index in [0.717, 1.165) is 31.7 Å². The van der Waals surface area contributed by atoms with Gasteiger partial charge in [0.25, 0.3) is 5.91 Å². The van der Waals surface area contributed by atoms with Gasteiger partial charge in [-0.1, -0.05) is 0 Å². The standard InChI is InChI=1S/C13H19N3O2/c1-14-12-4-5-15-8-11(12)13(17)16-7-10-3-2-6-18-9-10/h4-5,8,10H,2-3,6-7,9H2,1H3,(H,14,15)(H,16,17). The maximum absolute atomic E-state index is 12.0. The van der Waals surface area contributed by atoms with Crippen molar-refractivity contribution in [2.45, 2.75) is 12.8 Å². The van der Waals surface area contributed by atoms with E-state index in [2.05, 4.69) is 15.6 Å². The molecular weight excluding hydrogens is 230 g/mol. The van der Waals surface area contributed by atoms with Gasteiger partial charge in [-0.15, -0.1) is 0 Å². The molecule has 98 valence electrons. The first-order valence-electron chi connectivity index (χ1n) is 6.29. The number of hydrogen-bond donors (Lipinski definition) is 2. The lowest BCUT2D eigenvalue weighted by atomic mass is 10.0. The van der Waals surface area contributed by atoms with Crippen molar-refractivity contribution in [2.24, 2.45) is 5.92 Å². The van der Waals surface area contributed by atoms with Crippen LogP contribution in [0.2, 0.25) is 0 Å². The third-order valence-corrected chi connectivity index (χ3v) is 3.14. The van der Waals surface area contributed by atoms with Gasteiger partial charge >= 0.3 is 0 Å². The van der Waals surface area contributed by atoms with Crippen molar-refractivity contribution in [3.05, 3.63) is 24.0 Å². The Hall–Kier alpha value is -1.62. The summed E-state index contributed by atoms with van der Waals surface area (Å²) in [5, 5.41) is 5.93. The second-order valence-electron chi connectivity index (χ2n) is 4.46. The van der Waals surface area contributed by atoms with Gasteiger partial charge in [-0.05, 0) is 24.8 Å². The molecule has 0 radical (unpaired) electrons. The van der Waals surface area contributed by atoms with Crippen LogP contribution in [0.1, 0.15) is 23.2 Å². The van der Waals surface area contributed by atoms with Gasteiger partial charge in [0.1, 0.15) is 0 Å². The molecule has 0 aromatic carbocycles. The Morgan fingerprint density at radius 2 is 2.50 bits per heavy atom. The quantitative estimate of drug-likeness (QED) is 0.843. The van der Waals surface area contributed by atoms with E-state index in [1.54, 1.807) is 25.5 Å². The molecule has 0 aliphatic carbocycles. The first-order chi connectivity index (χ1) is 8.81. The minimum atomic E-state index is -0.0852. The molecule has 2 N–H and O–H groups in total. The number of aromatic nitrogens is 1. The largest absolute Gasteiger partial charge is 0.387 e. The van der Waals surface area contributed by atoms with Crippen LogP contribution in [0.4, 0.5) is 5.69 Å². The summed E-state index contributed by atoms with van der Waals surface area (Å²) in [6.07, 6.45) is 5.44. The van der Waals surface area contributed by atoms with Crippen LogP contribution in [-0.4, -0.2) is 37.7 Å². The highest BCUT2D eigenvalue weighted by molar-refractivity contribution is 5.99. The number of carbonyl (C=O) groups is 1. The van der Waals surface area contributed by atoms with Crippen LogP contribution in [0.15, 0.2) is 18.5 Å². The summed E-state index contributed by atoms with van der Waals surface area (Å²) >= 11 is 0. The Bertz CT molecular complexity index is 403. The van der Waals surface area contributed by atoms with E-state index >= 15 is 0 Å². The van der Waals surface area contributed by atoms with E-state index in [9.17, 15) is 4.79 Å². The molecule has 1 aliphatic rings. The predicted octanol–water partition coefficient (Wildman–Crippen LogP) is 1.28. The molecule has 5 nitrogen and oxygen atoms in total. The van der Waals surface area contributed by atoms with Gasteiger partial charge in [0, 0.05) is 38.3 Å². The van der Waals surface area contributed by atoms with Crippen molar-refractivity contribution in [3.63, 3.8) is 0 Å². The molecule has 1 aromatic rings. The smallest absolute Gasteiger partial charge is 0.254 e. The number of anilines is 1. The fourth-order valence-corrected chi connectivity index (χ4v) is 2.09. The van der Waals surface area contributed by atoms with Crippen LogP contribution < -0.4 is 10.6 Å². The molecule has 0 bridgehead atoms. The fourth-order valence-electron chi connectivity index (χ4n) is 2.09. The number of nitrogens with one attached hydrogen (secondary N) is 2. The first-order valence-corrected chi connectivity index (χ1v) is 6.29. The zero-order valence-corrected chi connectivity index (χ0v) is 10.6. The molecule has 5 heteroatoms. The number of nitrogens with zero attached hydrogens (tertiary/aromatic N) is 1. The van der Waals surface area contributed by atoms with Crippen molar-refractivity contribution >= 4 is 11.6 Å². The topological polar surface area (TPSA) is 63.2 Å². The Morgan fingerprint density at radius 1 is 1.61 bits per heavy atom. The lowest BCUT2D eigenvalue weighted by molar-refractivity contribution is 0.0536. The Morgan fingerprint density at radius 3 is 3.22 bits per heavy atom. The van der Waals surface area contributed by atoms with E-state index < -0.39 is 0 Å². The van der Waals surface area contributed by atoms with Gasteiger partial charge in [-0.2, -0.15) is 0 Å². The molecule has 2 heterocycles. The lowest BCUT2D eigenvalue weighted by Crippen LogP contribution is -2.33. The average Bonchev–Trinajstić information content (AvgIpc) is 2.45. The predicted molar refractivity (Wildman–Crippen MR) is 69.7 cm³/mol. The summed E-state index contributed by atoms with van der Waals surface area (Å²) in [7, 11) is 1.79. The van der Waals surface area contributed by atoms with Crippen LogP contribution in [-0.2, 0) is 4.74 Å². The molecule has 1 saturated heterocycles. The molecule has 1 atom stereocenters. The highest BCUT2D eigenvalue weighted by Crippen LogP contribution is 2.14. The minimum absolute atomic E-state index is 0.0852. The number of rotatable bonds is 4. The number of ether oxygens (including phenoxy) is 1. The normalized spacial score (nSPS) is 19.3. The second kappa shape index (κ2) is 6.35. The molecule has 1 aromatic heterocycles. The summed E-state index contributed by atoms with van der Waals surface area (Å²) in [6.45, 7) is 2.25. The molecule has 0 saturated carbocycles. The zero-order chi connectivity index (χ0) is 12.8. The van der Waals surface area contributed by atoms with Crippen LogP contribution in [0.5, 0.6) is 0 Å². The highest BCUT2D eigenvalue weighted by Gasteiger charge is 2.16. The summed E-state index contributed by atoms with van der Waals surface area (Å²) in [5.74, 6) is 0.343. The van der Waals surface area contributed by atoms with Crippen molar-refractivity contribution < 1.29 is 9.53 Å². The van der Waals surface area contributed by atoms with Gasteiger partial charge in [0.05, 0.1) is 12.2 Å². The van der Waals surface area contributed by atoms with E-state index in [0.29, 0.717) is 18.0 Å². The zero-order valence-electron chi connectivity index (χ0n) is 10.6. The first kappa shape index (κ1) is 12.8. The third kappa shape index (κ3) is 3.20. The van der Waals surface area contributed by atoms with Crippen LogP contribution in [0.3, 0.4) is 0 Å². The minimum Gasteiger partial charge on any atom is -0.387 e. The van der Waals surface area contributed by atoms with Crippen LogP contribution >= 0.6 is 0 Å². The average molecular weight is 249 g/mol. The molecular formula is C13H19N3O2. The number of amides is 1. The summed E-state index contributed by atoms with van der Waals surface area (Å²) in [4.78, 5) is 16.0. The fraction of sp³-hybridized carbons (Fsp3) is 0.538. The number of hydrogen-bond acceptors (Lipinski definition) is 4. The Kier molecular flexibility index (Phi) is 4.52. The summed E-state index contributed by atoms with van der Waals surface area (Å²) in [6, 6.07) is 1.79. The van der Waals surface area contributed by atoms with Gasteiger partial charge in [-0.25, -0.2) is 0 Å². The van der Waals surface area contributed by atoms with E-state index in [1.807, 2.05) is 0 Å². The van der Waals surface area contributed by atoms with Crippen molar-refractivity contribution in [2.75, 3.05) is 32.1 Å². The maximum Gasteiger partial charge on any atom is 0.254 e. The summed E-state index contributed by atoms with van der Waals surface area (Å²) < 4.78 is 5.39. The Balaban J connectivity index is 1.90. The van der Waals surface area contributed by atoms with Crippen molar-refractivity contribution in [3.8, 4) is 0 Å². The van der Waals surface area contributed by atoms with Crippen molar-refractivity contribution in [1.82, 2.24) is 10.3 Å². The maximum atomic E-state index is 12.0. The summed E-state index contributed by atoms with van der Waals surface area (Å²) in [5.41, 5.74) is 1.37.